The van der Waals surface area contributed by atoms with Gasteiger partial charge in [-0.15, -0.1) is 0 Å². The summed E-state index contributed by atoms with van der Waals surface area (Å²) in [5.41, 5.74) is 8.11. The monoisotopic (exact) mass is 439 g/mol. The van der Waals surface area contributed by atoms with E-state index in [1.165, 1.54) is 6.92 Å². The van der Waals surface area contributed by atoms with Crippen molar-refractivity contribution in [2.24, 2.45) is 5.73 Å². The average molecular weight is 440 g/mol. The first-order valence-electron chi connectivity index (χ1n) is 10.4. The van der Waals surface area contributed by atoms with Crippen molar-refractivity contribution < 1.29 is 23.9 Å². The molecule has 2 aromatic carbocycles. The number of likely N-dealkylation sites (N-methyl/N-ethyl adjacent to an activating group) is 1. The van der Waals surface area contributed by atoms with Crippen LogP contribution >= 0.6 is 0 Å². The first kappa shape index (κ1) is 23.3. The molecule has 1 aliphatic rings. The van der Waals surface area contributed by atoms with Crippen molar-refractivity contribution in [1.82, 2.24) is 4.90 Å². The number of carbonyl (C=O) groups excluding carboxylic acids is 3. The highest BCUT2D eigenvalue weighted by Gasteiger charge is 2.41. The molecule has 8 nitrogen and oxygen atoms in total. The number of rotatable bonds is 7. The van der Waals surface area contributed by atoms with Gasteiger partial charge in [0.2, 0.25) is 5.91 Å². The topological polar surface area (TPSA) is 102 Å². The Bertz CT molecular complexity index is 1000. The Balaban J connectivity index is 2.18. The second kappa shape index (κ2) is 9.82. The molecule has 3 rings (SSSR count). The first-order valence-corrected chi connectivity index (χ1v) is 10.4. The summed E-state index contributed by atoms with van der Waals surface area (Å²) in [6.07, 6.45) is -0.737. The molecule has 2 unspecified atom stereocenters. The van der Waals surface area contributed by atoms with Gasteiger partial charge in [0.15, 0.2) is 6.10 Å². The number of primary amides is 1. The molecule has 0 saturated heterocycles. The highest BCUT2D eigenvalue weighted by atomic mass is 16.5. The maximum atomic E-state index is 13.7. The Kier molecular flexibility index (Phi) is 7.15. The highest BCUT2D eigenvalue weighted by molar-refractivity contribution is 6.03. The summed E-state index contributed by atoms with van der Waals surface area (Å²) in [6.45, 7) is 2.25. The molecule has 0 spiro atoms. The van der Waals surface area contributed by atoms with Gasteiger partial charge >= 0.3 is 5.97 Å². The zero-order valence-corrected chi connectivity index (χ0v) is 18.8. The van der Waals surface area contributed by atoms with Crippen LogP contribution in [0.2, 0.25) is 0 Å². The smallest absolute Gasteiger partial charge is 0.303 e. The number of hydrogen-bond donors (Lipinski definition) is 1. The number of hydrogen-bond acceptors (Lipinski definition) is 6. The molecular weight excluding hydrogens is 410 g/mol. The van der Waals surface area contributed by atoms with Crippen LogP contribution < -0.4 is 15.4 Å². The van der Waals surface area contributed by atoms with Gasteiger partial charge in [-0.3, -0.25) is 14.4 Å². The van der Waals surface area contributed by atoms with Crippen molar-refractivity contribution in [3.05, 3.63) is 59.2 Å². The van der Waals surface area contributed by atoms with Crippen LogP contribution in [0.4, 0.5) is 5.69 Å². The second-order valence-corrected chi connectivity index (χ2v) is 8.07. The fourth-order valence-corrected chi connectivity index (χ4v) is 4.03. The molecule has 0 aliphatic carbocycles. The summed E-state index contributed by atoms with van der Waals surface area (Å²) in [7, 11) is 5.39. The Hall–Kier alpha value is -3.39. The van der Waals surface area contributed by atoms with Crippen molar-refractivity contribution in [1.29, 1.82) is 0 Å². The predicted octanol–water partition coefficient (Wildman–Crippen LogP) is 1.96. The van der Waals surface area contributed by atoms with E-state index in [1.54, 1.807) is 42.3 Å². The van der Waals surface area contributed by atoms with Crippen molar-refractivity contribution in [3.63, 3.8) is 0 Å². The molecule has 8 heteroatoms. The largest absolute Gasteiger partial charge is 0.497 e. The number of anilines is 1. The lowest BCUT2D eigenvalue weighted by Gasteiger charge is -2.29. The molecule has 32 heavy (non-hydrogen) atoms. The number of carbonyl (C=O) groups is 3. The van der Waals surface area contributed by atoms with Crippen molar-refractivity contribution in [3.8, 4) is 5.75 Å². The van der Waals surface area contributed by atoms with Gasteiger partial charge in [-0.2, -0.15) is 0 Å². The van der Waals surface area contributed by atoms with E-state index in [1.807, 2.05) is 31.1 Å². The minimum Gasteiger partial charge on any atom is -0.497 e. The number of nitrogens with zero attached hydrogens (tertiary/aromatic N) is 2. The zero-order chi connectivity index (χ0) is 23.4. The maximum Gasteiger partial charge on any atom is 0.303 e. The summed E-state index contributed by atoms with van der Waals surface area (Å²) in [6, 6.07) is 12.4. The van der Waals surface area contributed by atoms with E-state index in [0.717, 1.165) is 5.56 Å². The second-order valence-electron chi connectivity index (χ2n) is 8.07. The van der Waals surface area contributed by atoms with Gasteiger partial charge in [0.1, 0.15) is 5.75 Å². The summed E-state index contributed by atoms with van der Waals surface area (Å²) in [5.74, 6) is -1.27. The third-order valence-corrected chi connectivity index (χ3v) is 5.61. The molecule has 0 radical (unpaired) electrons. The van der Waals surface area contributed by atoms with Gasteiger partial charge in [0, 0.05) is 37.2 Å². The number of benzene rings is 2. The number of methoxy groups -OCH3 is 1. The van der Waals surface area contributed by atoms with Crippen LogP contribution in [0, 0.1) is 0 Å². The summed E-state index contributed by atoms with van der Waals surface area (Å²) in [5, 5.41) is 0. The Morgan fingerprint density at radius 3 is 2.41 bits per heavy atom. The van der Waals surface area contributed by atoms with Gasteiger partial charge in [0.25, 0.3) is 5.91 Å². The van der Waals surface area contributed by atoms with Gasteiger partial charge in [-0.05, 0) is 55.9 Å². The lowest BCUT2D eigenvalue weighted by molar-refractivity contribution is -0.154. The highest BCUT2D eigenvalue weighted by Crippen LogP contribution is 2.38. The van der Waals surface area contributed by atoms with Crippen molar-refractivity contribution in [2.75, 3.05) is 39.2 Å². The Morgan fingerprint density at radius 1 is 1.16 bits per heavy atom. The number of ether oxygens (including phenoxy) is 2. The van der Waals surface area contributed by atoms with Crippen LogP contribution in [-0.2, 0) is 20.7 Å². The fraction of sp³-hybridized carbons (Fsp3) is 0.375. The summed E-state index contributed by atoms with van der Waals surface area (Å²) < 4.78 is 10.8. The quantitative estimate of drug-likeness (QED) is 0.662. The van der Waals surface area contributed by atoms with E-state index >= 15 is 0 Å². The SMILES string of the molecule is COc1ccc(C2Cc3c(C(N)=O)cccc3N(CCN(C)C)C(=O)C2OC(C)=O)cc1. The van der Waals surface area contributed by atoms with Crippen LogP contribution in [0.1, 0.15) is 34.3 Å². The zero-order valence-electron chi connectivity index (χ0n) is 18.8. The molecule has 0 bridgehead atoms. The number of nitrogens with two attached hydrogens (primary N) is 1. The fourth-order valence-electron chi connectivity index (χ4n) is 4.03. The lowest BCUT2D eigenvalue weighted by atomic mass is 9.86. The van der Waals surface area contributed by atoms with E-state index in [4.69, 9.17) is 15.2 Å². The molecule has 2 aromatic rings. The Labute approximate surface area is 187 Å². The van der Waals surface area contributed by atoms with Crippen LogP contribution in [-0.4, -0.2) is 63.1 Å². The van der Waals surface area contributed by atoms with Gasteiger partial charge in [-0.25, -0.2) is 0 Å². The molecule has 2 N–H and O–H groups in total. The van der Waals surface area contributed by atoms with Crippen LogP contribution in [0.3, 0.4) is 0 Å². The third-order valence-electron chi connectivity index (χ3n) is 5.61. The Morgan fingerprint density at radius 2 is 1.84 bits per heavy atom. The van der Waals surface area contributed by atoms with E-state index in [9.17, 15) is 14.4 Å². The molecule has 2 atom stereocenters. The first-order chi connectivity index (χ1) is 15.2. The van der Waals surface area contributed by atoms with Crippen LogP contribution in [0.25, 0.3) is 0 Å². The van der Waals surface area contributed by atoms with E-state index in [-0.39, 0.29) is 5.91 Å². The van der Waals surface area contributed by atoms with E-state index in [0.29, 0.717) is 42.1 Å². The molecule has 170 valence electrons. The molecule has 0 saturated carbocycles. The number of amides is 2. The maximum absolute atomic E-state index is 13.7. The van der Waals surface area contributed by atoms with Gasteiger partial charge in [0.05, 0.1) is 7.11 Å². The molecular formula is C24H29N3O5. The minimum absolute atomic E-state index is 0.308. The van der Waals surface area contributed by atoms with Crippen molar-refractivity contribution in [2.45, 2.75) is 25.4 Å². The normalized spacial score (nSPS) is 18.2. The summed E-state index contributed by atoms with van der Waals surface area (Å²) in [4.78, 5) is 41.5. The standard InChI is InChI=1S/C24H29N3O5/c1-15(28)32-22-19(16-8-10-17(31-4)11-9-16)14-20-18(23(25)29)6-5-7-21(20)27(24(22)30)13-12-26(2)3/h5-11,19,22H,12-14H2,1-4H3,(H2,25,29). The third kappa shape index (κ3) is 4.91. The van der Waals surface area contributed by atoms with Crippen LogP contribution in [0.5, 0.6) is 5.75 Å². The lowest BCUT2D eigenvalue weighted by Crippen LogP contribution is -2.45. The predicted molar refractivity (Wildman–Crippen MR) is 121 cm³/mol. The number of esters is 1. The minimum atomic E-state index is -1.05. The molecule has 2 amide bonds. The molecule has 1 aliphatic heterocycles. The summed E-state index contributed by atoms with van der Waals surface area (Å²) >= 11 is 0. The van der Waals surface area contributed by atoms with Gasteiger partial charge in [-0.1, -0.05) is 18.2 Å². The average Bonchev–Trinajstić information content (AvgIpc) is 2.86. The van der Waals surface area contributed by atoms with E-state index in [2.05, 4.69) is 0 Å². The van der Waals surface area contributed by atoms with Gasteiger partial charge < -0.3 is 25.0 Å². The number of fused-ring (bicyclic) bond motifs is 1. The van der Waals surface area contributed by atoms with E-state index < -0.39 is 23.9 Å². The van der Waals surface area contributed by atoms with Crippen molar-refractivity contribution >= 4 is 23.5 Å². The molecule has 0 fully saturated rings. The molecule has 1 heterocycles. The molecule has 0 aromatic heterocycles. The van der Waals surface area contributed by atoms with Crippen LogP contribution in [0.15, 0.2) is 42.5 Å².